The molecule has 0 fully saturated rings. The van der Waals surface area contributed by atoms with Gasteiger partial charge in [0.15, 0.2) is 6.10 Å². The molecule has 0 aliphatic rings. The molecule has 3 aromatic carbocycles. The summed E-state index contributed by atoms with van der Waals surface area (Å²) in [4.78, 5) is 17.5. The van der Waals surface area contributed by atoms with Crippen LogP contribution in [0.2, 0.25) is 0 Å². The molecular weight excluding hydrogens is 440 g/mol. The number of ether oxygens (including phenoxy) is 1. The van der Waals surface area contributed by atoms with Crippen molar-refractivity contribution in [1.29, 1.82) is 0 Å². The van der Waals surface area contributed by atoms with Crippen LogP contribution in [0.4, 0.5) is 20.7 Å². The number of aromatic nitrogens is 3. The monoisotopic (exact) mass is 463 g/mol. The lowest BCUT2D eigenvalue weighted by molar-refractivity contribution is 0.0713. The summed E-state index contributed by atoms with van der Waals surface area (Å²) in [6.45, 7) is 2.27. The maximum atomic E-state index is 13.2. The number of anilines is 2. The Kier molecular flexibility index (Phi) is 7.12. The van der Waals surface area contributed by atoms with Crippen molar-refractivity contribution in [2.45, 2.75) is 26.1 Å². The van der Waals surface area contributed by atoms with E-state index in [1.54, 1.807) is 43.3 Å². The second kappa shape index (κ2) is 10.6. The minimum absolute atomic E-state index is 0.208. The molecule has 0 radical (unpaired) electrons. The van der Waals surface area contributed by atoms with Crippen LogP contribution in [0.15, 0.2) is 78.9 Å². The van der Waals surface area contributed by atoms with Crippen molar-refractivity contribution in [2.75, 3.05) is 10.6 Å². The third-order valence-electron chi connectivity index (χ3n) is 4.95. The number of hydrogen-bond acceptors (Lipinski definition) is 6. The zero-order valence-corrected chi connectivity index (χ0v) is 18.4. The summed E-state index contributed by atoms with van der Waals surface area (Å²) >= 11 is 0. The van der Waals surface area contributed by atoms with E-state index < -0.39 is 12.0 Å². The third kappa shape index (κ3) is 5.94. The average Bonchev–Trinajstić information content (AvgIpc) is 3.26. The van der Waals surface area contributed by atoms with E-state index >= 15 is 0 Å². The fourth-order valence-electron chi connectivity index (χ4n) is 3.15. The molecule has 174 valence electrons. The predicted molar refractivity (Wildman–Crippen MR) is 125 cm³/mol. The Morgan fingerprint density at radius 2 is 1.44 bits per heavy atom. The highest BCUT2D eigenvalue weighted by molar-refractivity contribution is 5.85. The third-order valence-corrected chi connectivity index (χ3v) is 4.95. The molecule has 34 heavy (non-hydrogen) atoms. The Balaban J connectivity index is 1.51. The lowest BCUT2D eigenvalue weighted by Gasteiger charge is -2.14. The number of carbonyl (C=O) groups excluding carboxylic acids is 1. The van der Waals surface area contributed by atoms with Gasteiger partial charge in [-0.2, -0.15) is 9.67 Å². The molecule has 0 aliphatic heterocycles. The van der Waals surface area contributed by atoms with Gasteiger partial charge in [0.2, 0.25) is 11.9 Å². The Morgan fingerprint density at radius 3 is 2.03 bits per heavy atom. The highest BCUT2D eigenvalue weighted by Gasteiger charge is 2.23. The van der Waals surface area contributed by atoms with E-state index in [0.29, 0.717) is 18.8 Å². The maximum Gasteiger partial charge on any atom is 0.290 e. The number of carbonyl (C=O) groups is 1. The summed E-state index contributed by atoms with van der Waals surface area (Å²) in [7, 11) is 0. The topological polar surface area (TPSA) is 81.1 Å². The zero-order valence-electron chi connectivity index (χ0n) is 18.4. The first-order chi connectivity index (χ1) is 16.5. The van der Waals surface area contributed by atoms with Crippen molar-refractivity contribution in [3.8, 4) is 5.75 Å². The van der Waals surface area contributed by atoms with E-state index in [2.05, 4.69) is 20.7 Å². The Bertz CT molecular complexity index is 1230. The molecule has 4 rings (SSSR count). The summed E-state index contributed by atoms with van der Waals surface area (Å²) in [5.74, 6) is -0.102. The average molecular weight is 463 g/mol. The van der Waals surface area contributed by atoms with Crippen LogP contribution < -0.4 is 15.4 Å². The summed E-state index contributed by atoms with van der Waals surface area (Å²) in [5.41, 5.74) is 1.63. The van der Waals surface area contributed by atoms with E-state index in [4.69, 9.17) is 4.74 Å². The Hall–Kier alpha value is -4.27. The fraction of sp³-hybridized carbons (Fsp3) is 0.160. The molecular formula is C25H23F2N5O2. The number of para-hydroxylation sites is 1. The maximum absolute atomic E-state index is 13.2. The van der Waals surface area contributed by atoms with Crippen molar-refractivity contribution in [3.63, 3.8) is 0 Å². The van der Waals surface area contributed by atoms with Gasteiger partial charge in [0.05, 0.1) is 0 Å². The smallest absolute Gasteiger partial charge is 0.290 e. The molecule has 7 nitrogen and oxygen atoms in total. The van der Waals surface area contributed by atoms with E-state index in [0.717, 1.165) is 15.8 Å². The van der Waals surface area contributed by atoms with Gasteiger partial charge in [-0.1, -0.05) is 42.5 Å². The van der Waals surface area contributed by atoms with Gasteiger partial charge >= 0.3 is 0 Å². The number of hydrogen-bond donors (Lipinski definition) is 2. The summed E-state index contributed by atoms with van der Waals surface area (Å²) in [6, 6.07) is 21.0. The van der Waals surface area contributed by atoms with Crippen molar-refractivity contribution >= 4 is 17.8 Å². The molecule has 0 spiro atoms. The minimum Gasteiger partial charge on any atom is -0.481 e. The number of benzene rings is 3. The van der Waals surface area contributed by atoms with Crippen LogP contribution in [0.5, 0.6) is 5.75 Å². The molecule has 1 heterocycles. The van der Waals surface area contributed by atoms with Gasteiger partial charge in [-0.15, -0.1) is 5.10 Å². The standard InChI is InChI=1S/C25H23F2N5O2/c1-17(34-22-5-3-2-4-6-22)23(33)32-25(29-16-19-9-13-21(27)14-10-19)30-24(31-32)28-15-18-7-11-20(26)12-8-18/h2-14,17H,15-16H2,1H3,(H2,28,29,30,31). The van der Waals surface area contributed by atoms with Gasteiger partial charge in [-0.3, -0.25) is 4.79 Å². The minimum atomic E-state index is -0.833. The van der Waals surface area contributed by atoms with Gasteiger partial charge in [-0.25, -0.2) is 8.78 Å². The molecule has 1 atom stereocenters. The van der Waals surface area contributed by atoms with Crippen LogP contribution >= 0.6 is 0 Å². The second-order valence-corrected chi connectivity index (χ2v) is 7.54. The lowest BCUT2D eigenvalue weighted by Crippen LogP contribution is -2.31. The van der Waals surface area contributed by atoms with Gasteiger partial charge in [0.1, 0.15) is 17.4 Å². The van der Waals surface area contributed by atoms with Crippen LogP contribution in [0.3, 0.4) is 0 Å². The Morgan fingerprint density at radius 1 is 0.882 bits per heavy atom. The van der Waals surface area contributed by atoms with E-state index in [1.807, 2.05) is 18.2 Å². The van der Waals surface area contributed by atoms with E-state index in [9.17, 15) is 13.6 Å². The van der Waals surface area contributed by atoms with Crippen LogP contribution in [0.1, 0.15) is 22.8 Å². The molecule has 1 unspecified atom stereocenters. The number of halogens is 2. The van der Waals surface area contributed by atoms with Gasteiger partial charge in [0.25, 0.3) is 5.91 Å². The molecule has 0 aliphatic carbocycles. The molecule has 0 saturated carbocycles. The molecule has 0 bridgehead atoms. The number of nitrogens with one attached hydrogen (secondary N) is 2. The lowest BCUT2D eigenvalue weighted by atomic mass is 10.2. The molecule has 0 amide bonds. The number of rotatable bonds is 9. The van der Waals surface area contributed by atoms with E-state index in [-0.39, 0.29) is 23.5 Å². The van der Waals surface area contributed by atoms with Crippen LogP contribution in [0, 0.1) is 11.6 Å². The molecule has 4 aromatic rings. The highest BCUT2D eigenvalue weighted by Crippen LogP contribution is 2.16. The first-order valence-electron chi connectivity index (χ1n) is 10.7. The molecule has 0 saturated heterocycles. The Labute approximate surface area is 195 Å². The van der Waals surface area contributed by atoms with Crippen LogP contribution in [0.25, 0.3) is 0 Å². The van der Waals surface area contributed by atoms with Crippen molar-refractivity contribution in [2.24, 2.45) is 0 Å². The second-order valence-electron chi connectivity index (χ2n) is 7.54. The first-order valence-corrected chi connectivity index (χ1v) is 10.7. The largest absolute Gasteiger partial charge is 0.481 e. The van der Waals surface area contributed by atoms with Gasteiger partial charge in [-0.05, 0) is 54.4 Å². The zero-order chi connectivity index (χ0) is 23.9. The predicted octanol–water partition coefficient (Wildman–Crippen LogP) is 4.89. The molecule has 1 aromatic heterocycles. The SMILES string of the molecule is CC(Oc1ccccc1)C(=O)n1nc(NCc2ccc(F)cc2)nc1NCc1ccc(F)cc1. The van der Waals surface area contributed by atoms with Gasteiger partial charge in [0, 0.05) is 13.1 Å². The van der Waals surface area contributed by atoms with Crippen molar-refractivity contribution in [1.82, 2.24) is 14.8 Å². The summed E-state index contributed by atoms with van der Waals surface area (Å²) in [5, 5.41) is 10.4. The summed E-state index contributed by atoms with van der Waals surface area (Å²) < 4.78 is 33.2. The van der Waals surface area contributed by atoms with Crippen molar-refractivity contribution < 1.29 is 18.3 Å². The van der Waals surface area contributed by atoms with Crippen molar-refractivity contribution in [3.05, 3.63) is 102 Å². The molecule has 2 N–H and O–H groups in total. The van der Waals surface area contributed by atoms with Crippen LogP contribution in [-0.2, 0) is 13.1 Å². The quantitative estimate of drug-likeness (QED) is 0.368. The fourth-order valence-corrected chi connectivity index (χ4v) is 3.15. The summed E-state index contributed by atoms with van der Waals surface area (Å²) in [6.07, 6.45) is -0.833. The van der Waals surface area contributed by atoms with Gasteiger partial charge < -0.3 is 15.4 Å². The van der Waals surface area contributed by atoms with E-state index in [1.165, 1.54) is 24.3 Å². The highest BCUT2D eigenvalue weighted by atomic mass is 19.1. The first kappa shape index (κ1) is 22.9. The molecule has 9 heteroatoms. The number of nitrogens with zero attached hydrogens (tertiary/aromatic N) is 3. The van der Waals surface area contributed by atoms with Crippen LogP contribution in [-0.4, -0.2) is 26.8 Å². The normalized spacial score (nSPS) is 11.6.